The van der Waals surface area contributed by atoms with Crippen LogP contribution in [0.25, 0.3) is 0 Å². The van der Waals surface area contributed by atoms with Gasteiger partial charge < -0.3 is 14.6 Å². The van der Waals surface area contributed by atoms with Gasteiger partial charge in [0.15, 0.2) is 11.9 Å². The predicted octanol–water partition coefficient (Wildman–Crippen LogP) is 4.21. The van der Waals surface area contributed by atoms with Crippen LogP contribution in [-0.4, -0.2) is 17.2 Å². The second-order valence-corrected chi connectivity index (χ2v) is 6.01. The Morgan fingerprint density at radius 1 is 1.30 bits per heavy atom. The number of rotatable bonds is 6. The largest absolute Gasteiger partial charge is 0.480 e. The molecule has 124 valence electrons. The van der Waals surface area contributed by atoms with Crippen LogP contribution in [0.1, 0.15) is 50.0 Å². The second kappa shape index (κ2) is 7.31. The van der Waals surface area contributed by atoms with Crippen molar-refractivity contribution in [2.45, 2.75) is 53.1 Å². The van der Waals surface area contributed by atoms with Crippen molar-refractivity contribution in [3.8, 4) is 5.75 Å². The van der Waals surface area contributed by atoms with Gasteiger partial charge in [0.1, 0.15) is 11.5 Å². The maximum atomic E-state index is 12.4. The molecular weight excluding hydrogens is 292 g/mol. The highest BCUT2D eigenvalue weighted by atomic mass is 16.5. The van der Waals surface area contributed by atoms with Crippen molar-refractivity contribution in [1.29, 1.82) is 0 Å². The number of anilines is 1. The molecule has 2 aromatic rings. The molecule has 0 saturated carbocycles. The van der Waals surface area contributed by atoms with E-state index >= 15 is 0 Å². The van der Waals surface area contributed by atoms with Crippen LogP contribution in [0.4, 0.5) is 5.82 Å². The highest BCUT2D eigenvalue weighted by Gasteiger charge is 2.21. The minimum atomic E-state index is -0.576. The Balaban J connectivity index is 2.12. The van der Waals surface area contributed by atoms with Gasteiger partial charge in [0.05, 0.1) is 0 Å². The summed E-state index contributed by atoms with van der Waals surface area (Å²) in [6.45, 7) is 9.93. The summed E-state index contributed by atoms with van der Waals surface area (Å²) in [5, 5.41) is 6.49. The number of carbonyl (C=O) groups excluding carboxylic acids is 1. The molecular formula is C18H24N2O3. The number of ether oxygens (including phenoxy) is 1. The molecule has 0 fully saturated rings. The van der Waals surface area contributed by atoms with Crippen molar-refractivity contribution in [3.63, 3.8) is 0 Å². The van der Waals surface area contributed by atoms with E-state index in [9.17, 15) is 4.79 Å². The number of benzene rings is 1. The molecule has 0 aliphatic rings. The van der Waals surface area contributed by atoms with Crippen molar-refractivity contribution in [2.75, 3.05) is 5.32 Å². The zero-order valence-corrected chi connectivity index (χ0v) is 14.3. The highest BCUT2D eigenvalue weighted by molar-refractivity contribution is 5.93. The molecule has 0 spiro atoms. The van der Waals surface area contributed by atoms with E-state index in [0.29, 0.717) is 23.9 Å². The van der Waals surface area contributed by atoms with Gasteiger partial charge in [0.2, 0.25) is 0 Å². The summed E-state index contributed by atoms with van der Waals surface area (Å²) in [6.07, 6.45) is -0.0123. The minimum absolute atomic E-state index is 0.227. The van der Waals surface area contributed by atoms with Gasteiger partial charge in [-0.05, 0) is 43.4 Å². The molecule has 1 aromatic carbocycles. The van der Waals surface area contributed by atoms with Crippen molar-refractivity contribution >= 4 is 11.7 Å². The molecule has 5 heteroatoms. The van der Waals surface area contributed by atoms with Gasteiger partial charge >= 0.3 is 0 Å². The smallest absolute Gasteiger partial charge is 0.266 e. The lowest BCUT2D eigenvalue weighted by Crippen LogP contribution is -2.32. The van der Waals surface area contributed by atoms with Crippen molar-refractivity contribution in [3.05, 3.63) is 41.2 Å². The maximum Gasteiger partial charge on any atom is 0.266 e. The predicted molar refractivity (Wildman–Crippen MR) is 89.8 cm³/mol. The van der Waals surface area contributed by atoms with Crippen molar-refractivity contribution < 1.29 is 14.1 Å². The lowest BCUT2D eigenvalue weighted by molar-refractivity contribution is -0.122. The van der Waals surface area contributed by atoms with Crippen LogP contribution in [0.2, 0.25) is 0 Å². The van der Waals surface area contributed by atoms with E-state index in [1.54, 1.807) is 13.0 Å². The van der Waals surface area contributed by atoms with Crippen molar-refractivity contribution in [1.82, 2.24) is 5.16 Å². The average Bonchev–Trinajstić information content (AvgIpc) is 2.91. The molecule has 5 nitrogen and oxygen atoms in total. The first-order chi connectivity index (χ1) is 10.9. The maximum absolute atomic E-state index is 12.4. The summed E-state index contributed by atoms with van der Waals surface area (Å²) in [4.78, 5) is 12.4. The molecule has 1 aromatic heterocycles. The Hall–Kier alpha value is -2.30. The van der Waals surface area contributed by atoms with Crippen LogP contribution >= 0.6 is 0 Å². The molecule has 2 rings (SSSR count). The van der Waals surface area contributed by atoms with Crippen LogP contribution in [0.3, 0.4) is 0 Å². The number of hydrogen-bond donors (Lipinski definition) is 1. The van der Waals surface area contributed by atoms with E-state index in [0.717, 1.165) is 11.3 Å². The molecule has 23 heavy (non-hydrogen) atoms. The van der Waals surface area contributed by atoms with Crippen LogP contribution in [0.5, 0.6) is 5.75 Å². The van der Waals surface area contributed by atoms with Gasteiger partial charge in [-0.2, -0.15) is 0 Å². The fourth-order valence-electron chi connectivity index (χ4n) is 2.21. The quantitative estimate of drug-likeness (QED) is 0.867. The van der Waals surface area contributed by atoms with E-state index in [1.165, 1.54) is 5.56 Å². The standard InChI is InChI=1S/C18H24N2O3/c1-6-15(18(21)19-17-9-13(5)23-20-17)22-16-10-14(11(2)3)8-7-12(16)4/h7-11,15H,6H2,1-5H3,(H,19,20,21). The molecule has 0 saturated heterocycles. The Labute approximate surface area is 137 Å². The molecule has 0 aliphatic heterocycles. The number of aryl methyl sites for hydroxylation is 2. The lowest BCUT2D eigenvalue weighted by atomic mass is 10.0. The van der Waals surface area contributed by atoms with Crippen LogP contribution < -0.4 is 10.1 Å². The fourth-order valence-corrected chi connectivity index (χ4v) is 2.21. The molecule has 0 radical (unpaired) electrons. The number of amides is 1. The van der Waals surface area contributed by atoms with Gasteiger partial charge in [-0.25, -0.2) is 0 Å². The first-order valence-corrected chi connectivity index (χ1v) is 7.92. The molecule has 1 N–H and O–H groups in total. The molecule has 1 atom stereocenters. The number of nitrogens with one attached hydrogen (secondary N) is 1. The third-order valence-electron chi connectivity index (χ3n) is 3.69. The lowest BCUT2D eigenvalue weighted by Gasteiger charge is -2.19. The molecule has 1 amide bonds. The Bertz CT molecular complexity index is 677. The van der Waals surface area contributed by atoms with E-state index in [1.807, 2.05) is 26.0 Å². The monoisotopic (exact) mass is 316 g/mol. The van der Waals surface area contributed by atoms with Gasteiger partial charge in [-0.3, -0.25) is 4.79 Å². The third-order valence-corrected chi connectivity index (χ3v) is 3.69. The summed E-state index contributed by atoms with van der Waals surface area (Å²) in [6, 6.07) is 7.80. The zero-order chi connectivity index (χ0) is 17.0. The molecule has 0 bridgehead atoms. The number of aromatic nitrogens is 1. The molecule has 1 heterocycles. The van der Waals surface area contributed by atoms with Crippen LogP contribution in [0.15, 0.2) is 28.8 Å². The fraction of sp³-hybridized carbons (Fsp3) is 0.444. The van der Waals surface area contributed by atoms with E-state index in [-0.39, 0.29) is 5.91 Å². The minimum Gasteiger partial charge on any atom is -0.480 e. The summed E-state index contributed by atoms with van der Waals surface area (Å²) in [5.74, 6) is 1.98. The number of carbonyl (C=O) groups is 1. The summed E-state index contributed by atoms with van der Waals surface area (Å²) in [5.41, 5.74) is 2.20. The average molecular weight is 316 g/mol. The van der Waals surface area contributed by atoms with Gasteiger partial charge in [-0.1, -0.05) is 38.1 Å². The Morgan fingerprint density at radius 2 is 2.04 bits per heavy atom. The highest BCUT2D eigenvalue weighted by Crippen LogP contribution is 2.26. The first kappa shape index (κ1) is 17.1. The van der Waals surface area contributed by atoms with Gasteiger partial charge in [0, 0.05) is 6.07 Å². The van der Waals surface area contributed by atoms with Crippen LogP contribution in [-0.2, 0) is 4.79 Å². The third kappa shape index (κ3) is 4.34. The summed E-state index contributed by atoms with van der Waals surface area (Å²) >= 11 is 0. The summed E-state index contributed by atoms with van der Waals surface area (Å²) < 4.78 is 10.9. The van der Waals surface area contributed by atoms with Crippen molar-refractivity contribution in [2.24, 2.45) is 0 Å². The van der Waals surface area contributed by atoms with E-state index in [4.69, 9.17) is 9.26 Å². The normalized spacial score (nSPS) is 12.3. The second-order valence-electron chi connectivity index (χ2n) is 6.01. The van der Waals surface area contributed by atoms with Gasteiger partial charge in [0.25, 0.3) is 5.91 Å². The zero-order valence-electron chi connectivity index (χ0n) is 14.3. The number of nitrogens with zero attached hydrogens (tertiary/aromatic N) is 1. The topological polar surface area (TPSA) is 64.4 Å². The van der Waals surface area contributed by atoms with Gasteiger partial charge in [-0.15, -0.1) is 0 Å². The molecule has 1 unspecified atom stereocenters. The van der Waals surface area contributed by atoms with E-state index < -0.39 is 6.10 Å². The summed E-state index contributed by atoms with van der Waals surface area (Å²) in [7, 11) is 0. The SMILES string of the molecule is CCC(Oc1cc(C(C)C)ccc1C)C(=O)Nc1cc(C)on1. The first-order valence-electron chi connectivity index (χ1n) is 7.92. The number of hydrogen-bond acceptors (Lipinski definition) is 4. The molecule has 0 aliphatic carbocycles. The Kier molecular flexibility index (Phi) is 5.42. The van der Waals surface area contributed by atoms with Crippen LogP contribution in [0, 0.1) is 13.8 Å². The van der Waals surface area contributed by atoms with E-state index in [2.05, 4.69) is 30.4 Å². The Morgan fingerprint density at radius 3 is 2.61 bits per heavy atom.